The van der Waals surface area contributed by atoms with Crippen molar-refractivity contribution in [3.05, 3.63) is 21.9 Å². The van der Waals surface area contributed by atoms with Crippen LogP contribution in [0.3, 0.4) is 0 Å². The third-order valence-electron chi connectivity index (χ3n) is 3.93. The van der Waals surface area contributed by atoms with Gasteiger partial charge < -0.3 is 5.11 Å². The van der Waals surface area contributed by atoms with Crippen molar-refractivity contribution in [2.75, 3.05) is 0 Å². The van der Waals surface area contributed by atoms with Crippen LogP contribution in [0.4, 0.5) is 0 Å². The lowest BCUT2D eigenvalue weighted by atomic mass is 9.83. The van der Waals surface area contributed by atoms with Gasteiger partial charge in [-0.1, -0.05) is 13.8 Å². The molecule has 1 saturated carbocycles. The topological polar surface area (TPSA) is 20.2 Å². The first-order valence-corrected chi connectivity index (χ1v) is 7.07. The molecule has 2 rings (SSSR count). The summed E-state index contributed by atoms with van der Waals surface area (Å²) in [5.41, 5.74) is 0.987. The summed E-state index contributed by atoms with van der Waals surface area (Å²) in [7, 11) is 0. The highest BCUT2D eigenvalue weighted by Gasteiger charge is 2.35. The average molecular weight is 238 g/mol. The lowest BCUT2D eigenvalue weighted by Crippen LogP contribution is -2.24. The van der Waals surface area contributed by atoms with Crippen molar-refractivity contribution in [3.63, 3.8) is 0 Å². The van der Waals surface area contributed by atoms with Crippen molar-refractivity contribution in [2.24, 2.45) is 5.41 Å². The third-order valence-corrected chi connectivity index (χ3v) is 4.79. The quantitative estimate of drug-likeness (QED) is 0.726. The molecular formula is C14H22OS. The van der Waals surface area contributed by atoms with E-state index in [-0.39, 0.29) is 0 Å². The summed E-state index contributed by atoms with van der Waals surface area (Å²) in [5, 5.41) is 12.9. The highest BCUT2D eigenvalue weighted by Crippen LogP contribution is 2.43. The second-order valence-electron chi connectivity index (χ2n) is 6.00. The molecule has 0 saturated heterocycles. The predicted octanol–water partition coefficient (Wildman–Crippen LogP) is 4.23. The molecule has 0 amide bonds. The van der Waals surface area contributed by atoms with E-state index in [0.29, 0.717) is 5.41 Å². The summed E-state index contributed by atoms with van der Waals surface area (Å²) >= 11 is 1.74. The van der Waals surface area contributed by atoms with E-state index in [0.717, 1.165) is 31.2 Å². The predicted molar refractivity (Wildman–Crippen MR) is 69.8 cm³/mol. The standard InChI is InChI=1S/C14H22OS/c1-11-9-12(10-16-11)14(15)6-4-5-13(2,3)7-8-14/h9-10,15H,4-8H2,1-3H3. The first kappa shape index (κ1) is 12.1. The number of hydrogen-bond acceptors (Lipinski definition) is 2. The maximum absolute atomic E-state index is 10.8. The van der Waals surface area contributed by atoms with Gasteiger partial charge in [-0.15, -0.1) is 11.3 Å². The van der Waals surface area contributed by atoms with Crippen LogP contribution in [0.1, 0.15) is 56.4 Å². The van der Waals surface area contributed by atoms with Crippen LogP contribution in [-0.2, 0) is 5.60 Å². The third kappa shape index (κ3) is 2.49. The van der Waals surface area contributed by atoms with E-state index in [4.69, 9.17) is 0 Å². The Morgan fingerprint density at radius 1 is 1.19 bits per heavy atom. The van der Waals surface area contributed by atoms with E-state index in [1.165, 1.54) is 11.3 Å². The average Bonchev–Trinajstić information content (AvgIpc) is 2.57. The van der Waals surface area contributed by atoms with E-state index in [1.54, 1.807) is 11.3 Å². The highest BCUT2D eigenvalue weighted by molar-refractivity contribution is 7.10. The van der Waals surface area contributed by atoms with Crippen LogP contribution >= 0.6 is 11.3 Å². The molecule has 0 aromatic carbocycles. The SMILES string of the molecule is Cc1cc(C2(O)CCCC(C)(C)CC2)cs1. The minimum Gasteiger partial charge on any atom is -0.385 e. The van der Waals surface area contributed by atoms with Crippen LogP contribution in [0.15, 0.2) is 11.4 Å². The lowest BCUT2D eigenvalue weighted by Gasteiger charge is -2.27. The summed E-state index contributed by atoms with van der Waals surface area (Å²) in [6.07, 6.45) is 5.33. The first-order valence-electron chi connectivity index (χ1n) is 6.19. The molecular weight excluding hydrogens is 216 g/mol. The molecule has 1 atom stereocenters. The Kier molecular flexibility index (Phi) is 3.15. The molecule has 1 aromatic heterocycles. The van der Waals surface area contributed by atoms with Gasteiger partial charge in [0.15, 0.2) is 0 Å². The molecule has 2 heteroatoms. The Balaban J connectivity index is 2.19. The van der Waals surface area contributed by atoms with Crippen LogP contribution < -0.4 is 0 Å². The molecule has 16 heavy (non-hydrogen) atoms. The summed E-state index contributed by atoms with van der Waals surface area (Å²) in [6, 6.07) is 2.16. The highest BCUT2D eigenvalue weighted by atomic mass is 32.1. The molecule has 1 fully saturated rings. The van der Waals surface area contributed by atoms with Gasteiger partial charge in [0.25, 0.3) is 0 Å². The van der Waals surface area contributed by atoms with Gasteiger partial charge in [0, 0.05) is 4.88 Å². The molecule has 1 aliphatic carbocycles. The number of rotatable bonds is 1. The van der Waals surface area contributed by atoms with Crippen LogP contribution in [0.5, 0.6) is 0 Å². The fraction of sp³-hybridized carbons (Fsp3) is 0.714. The fourth-order valence-corrected chi connectivity index (χ4v) is 3.43. The summed E-state index contributed by atoms with van der Waals surface area (Å²) in [4.78, 5) is 1.30. The number of aryl methyl sites for hydroxylation is 1. The van der Waals surface area contributed by atoms with Gasteiger partial charge in [-0.25, -0.2) is 0 Å². The van der Waals surface area contributed by atoms with Gasteiger partial charge in [-0.3, -0.25) is 0 Å². The molecule has 90 valence electrons. The monoisotopic (exact) mass is 238 g/mol. The molecule has 1 N–H and O–H groups in total. The second-order valence-corrected chi connectivity index (χ2v) is 7.11. The van der Waals surface area contributed by atoms with E-state index in [9.17, 15) is 5.11 Å². The molecule has 1 aliphatic rings. The smallest absolute Gasteiger partial charge is 0.0904 e. The van der Waals surface area contributed by atoms with Gasteiger partial charge in [0.1, 0.15) is 0 Å². The second kappa shape index (κ2) is 4.15. The molecule has 1 unspecified atom stereocenters. The van der Waals surface area contributed by atoms with Gasteiger partial charge in [0.05, 0.1) is 5.60 Å². The Morgan fingerprint density at radius 2 is 1.94 bits per heavy atom. The van der Waals surface area contributed by atoms with E-state index < -0.39 is 5.60 Å². The number of aliphatic hydroxyl groups is 1. The zero-order chi connectivity index (χ0) is 11.8. The maximum Gasteiger partial charge on any atom is 0.0904 e. The van der Waals surface area contributed by atoms with Crippen LogP contribution in [0.2, 0.25) is 0 Å². The molecule has 0 radical (unpaired) electrons. The lowest BCUT2D eigenvalue weighted by molar-refractivity contribution is 0.0184. The number of hydrogen-bond donors (Lipinski definition) is 1. The van der Waals surface area contributed by atoms with Gasteiger partial charge in [-0.2, -0.15) is 0 Å². The summed E-state index contributed by atoms with van der Waals surface area (Å²) in [6.45, 7) is 6.74. The largest absolute Gasteiger partial charge is 0.385 e. The minimum atomic E-state index is -0.557. The Morgan fingerprint density at radius 3 is 2.56 bits per heavy atom. The summed E-state index contributed by atoms with van der Waals surface area (Å²) in [5.74, 6) is 0. The Labute approximate surface area is 103 Å². The van der Waals surface area contributed by atoms with E-state index >= 15 is 0 Å². The molecule has 0 spiro atoms. The fourth-order valence-electron chi connectivity index (χ4n) is 2.63. The zero-order valence-electron chi connectivity index (χ0n) is 10.5. The van der Waals surface area contributed by atoms with Crippen molar-refractivity contribution in [1.29, 1.82) is 0 Å². The summed E-state index contributed by atoms with van der Waals surface area (Å²) < 4.78 is 0. The molecule has 1 aromatic rings. The number of thiophene rings is 1. The molecule has 1 nitrogen and oxygen atoms in total. The van der Waals surface area contributed by atoms with Crippen LogP contribution in [-0.4, -0.2) is 5.11 Å². The Hall–Kier alpha value is -0.340. The van der Waals surface area contributed by atoms with Crippen molar-refractivity contribution in [1.82, 2.24) is 0 Å². The maximum atomic E-state index is 10.8. The van der Waals surface area contributed by atoms with Crippen molar-refractivity contribution >= 4 is 11.3 Å². The normalized spacial score (nSPS) is 30.0. The van der Waals surface area contributed by atoms with Crippen LogP contribution in [0.25, 0.3) is 0 Å². The zero-order valence-corrected chi connectivity index (χ0v) is 11.4. The van der Waals surface area contributed by atoms with Gasteiger partial charge in [0.2, 0.25) is 0 Å². The van der Waals surface area contributed by atoms with Crippen LogP contribution in [0, 0.1) is 12.3 Å². The van der Waals surface area contributed by atoms with Crippen molar-refractivity contribution in [2.45, 2.75) is 58.5 Å². The van der Waals surface area contributed by atoms with Gasteiger partial charge in [-0.05, 0) is 61.5 Å². The van der Waals surface area contributed by atoms with Crippen molar-refractivity contribution < 1.29 is 5.11 Å². The van der Waals surface area contributed by atoms with Gasteiger partial charge >= 0.3 is 0 Å². The molecule has 0 bridgehead atoms. The minimum absolute atomic E-state index is 0.398. The molecule has 1 heterocycles. The first-order chi connectivity index (χ1) is 7.41. The van der Waals surface area contributed by atoms with E-state index in [1.807, 2.05) is 0 Å². The van der Waals surface area contributed by atoms with Crippen molar-refractivity contribution in [3.8, 4) is 0 Å². The molecule has 0 aliphatic heterocycles. The van der Waals surface area contributed by atoms with E-state index in [2.05, 4.69) is 32.2 Å². The Bertz CT molecular complexity index is 367.